The molecule has 0 saturated heterocycles. The molecular weight excluding hydrogens is 255 g/mol. The Balaban J connectivity index is 2.16. The molecule has 3 rings (SSSR count). The number of amides is 1. The van der Waals surface area contributed by atoms with Gasteiger partial charge in [0.1, 0.15) is 0 Å². The van der Waals surface area contributed by atoms with Crippen LogP contribution in [0.5, 0.6) is 0 Å². The molecule has 1 amide bonds. The molecular formula is C14H14F3NO. The Kier molecular flexibility index (Phi) is 2.46. The Bertz CT molecular complexity index is 552. The van der Waals surface area contributed by atoms with Crippen LogP contribution in [-0.4, -0.2) is 18.6 Å². The van der Waals surface area contributed by atoms with Crippen LogP contribution in [0.1, 0.15) is 30.9 Å². The molecule has 0 aliphatic carbocycles. The number of carbonyl (C=O) groups excluding carboxylic acids is 1. The lowest BCUT2D eigenvalue weighted by molar-refractivity contribution is -0.155. The van der Waals surface area contributed by atoms with E-state index in [1.54, 1.807) is 17.0 Å². The Labute approximate surface area is 109 Å². The van der Waals surface area contributed by atoms with Crippen molar-refractivity contribution in [2.45, 2.75) is 37.8 Å². The molecule has 0 N–H and O–H groups in total. The van der Waals surface area contributed by atoms with Gasteiger partial charge in [-0.3, -0.25) is 4.79 Å². The summed E-state index contributed by atoms with van der Waals surface area (Å²) in [6, 6.07) is 5.32. The fourth-order valence-electron chi connectivity index (χ4n) is 3.28. The van der Waals surface area contributed by atoms with Gasteiger partial charge in [0.25, 0.3) is 0 Å². The van der Waals surface area contributed by atoms with Crippen molar-refractivity contribution in [3.63, 3.8) is 0 Å². The van der Waals surface area contributed by atoms with Gasteiger partial charge in [0.05, 0.1) is 17.5 Å². The SMILES string of the molecule is CC1(CC(F)(F)F)C(=O)N2CCCc3cccc1c32. The second kappa shape index (κ2) is 3.74. The molecule has 0 bridgehead atoms. The number of benzene rings is 1. The number of nitrogens with zero attached hydrogens (tertiary/aromatic N) is 1. The van der Waals surface area contributed by atoms with Gasteiger partial charge in [0, 0.05) is 6.54 Å². The number of hydrogen-bond acceptors (Lipinski definition) is 1. The van der Waals surface area contributed by atoms with Crippen LogP contribution in [0.15, 0.2) is 18.2 Å². The van der Waals surface area contributed by atoms with Crippen molar-refractivity contribution in [1.29, 1.82) is 0 Å². The van der Waals surface area contributed by atoms with Gasteiger partial charge in [0.15, 0.2) is 0 Å². The van der Waals surface area contributed by atoms with Crippen molar-refractivity contribution in [3.8, 4) is 0 Å². The smallest absolute Gasteiger partial charge is 0.311 e. The maximum Gasteiger partial charge on any atom is 0.390 e. The molecule has 0 fully saturated rings. The molecule has 19 heavy (non-hydrogen) atoms. The normalized spacial score (nSPS) is 25.7. The summed E-state index contributed by atoms with van der Waals surface area (Å²) in [6.45, 7) is 1.94. The van der Waals surface area contributed by atoms with Gasteiger partial charge >= 0.3 is 6.18 Å². The van der Waals surface area contributed by atoms with Gasteiger partial charge in [0.2, 0.25) is 5.91 Å². The Hall–Kier alpha value is -1.52. The summed E-state index contributed by atoms with van der Waals surface area (Å²) in [7, 11) is 0. The summed E-state index contributed by atoms with van der Waals surface area (Å²) in [5.74, 6) is -0.410. The van der Waals surface area contributed by atoms with Crippen LogP contribution in [0, 0.1) is 0 Å². The van der Waals surface area contributed by atoms with Crippen molar-refractivity contribution >= 4 is 11.6 Å². The van der Waals surface area contributed by atoms with E-state index < -0.39 is 23.9 Å². The van der Waals surface area contributed by atoms with Crippen molar-refractivity contribution in [3.05, 3.63) is 29.3 Å². The second-order valence-electron chi connectivity index (χ2n) is 5.50. The lowest BCUT2D eigenvalue weighted by Crippen LogP contribution is -2.42. The third kappa shape index (κ3) is 1.75. The molecule has 0 aromatic heterocycles. The molecule has 1 aromatic carbocycles. The highest BCUT2D eigenvalue weighted by atomic mass is 19.4. The van der Waals surface area contributed by atoms with E-state index in [2.05, 4.69) is 0 Å². The second-order valence-corrected chi connectivity index (χ2v) is 5.50. The van der Waals surface area contributed by atoms with Crippen molar-refractivity contribution in [2.75, 3.05) is 11.4 Å². The number of para-hydroxylation sites is 1. The average Bonchev–Trinajstić information content (AvgIpc) is 2.52. The minimum atomic E-state index is -4.35. The van der Waals surface area contributed by atoms with E-state index in [0.29, 0.717) is 12.1 Å². The molecule has 2 aliphatic heterocycles. The highest BCUT2D eigenvalue weighted by Crippen LogP contribution is 2.50. The fourth-order valence-corrected chi connectivity index (χ4v) is 3.28. The van der Waals surface area contributed by atoms with Crippen LogP contribution in [0.4, 0.5) is 18.9 Å². The lowest BCUT2D eigenvalue weighted by Gasteiger charge is -2.26. The Morgan fingerprint density at radius 1 is 1.37 bits per heavy atom. The molecule has 1 atom stereocenters. The fraction of sp³-hybridized carbons (Fsp3) is 0.500. The zero-order valence-electron chi connectivity index (χ0n) is 10.5. The molecule has 2 nitrogen and oxygen atoms in total. The average molecular weight is 269 g/mol. The molecule has 5 heteroatoms. The number of aryl methyl sites for hydroxylation is 1. The van der Waals surface area contributed by atoms with Crippen molar-refractivity contribution in [1.82, 2.24) is 0 Å². The van der Waals surface area contributed by atoms with E-state index in [1.165, 1.54) is 6.92 Å². The molecule has 2 heterocycles. The summed E-state index contributed by atoms with van der Waals surface area (Å²) in [6.07, 6.45) is -3.80. The van der Waals surface area contributed by atoms with Crippen LogP contribution in [0.3, 0.4) is 0 Å². The van der Waals surface area contributed by atoms with Gasteiger partial charge in [-0.1, -0.05) is 18.2 Å². The molecule has 1 aromatic rings. The Morgan fingerprint density at radius 3 is 2.79 bits per heavy atom. The van der Waals surface area contributed by atoms with E-state index >= 15 is 0 Å². The molecule has 1 unspecified atom stereocenters. The first-order valence-corrected chi connectivity index (χ1v) is 6.34. The predicted octanol–water partition coefficient (Wildman–Crippen LogP) is 3.19. The first-order valence-electron chi connectivity index (χ1n) is 6.34. The number of hydrogen-bond donors (Lipinski definition) is 0. The number of halogens is 3. The van der Waals surface area contributed by atoms with Crippen LogP contribution in [-0.2, 0) is 16.6 Å². The minimum Gasteiger partial charge on any atom is -0.311 e. The van der Waals surface area contributed by atoms with Gasteiger partial charge in [-0.15, -0.1) is 0 Å². The summed E-state index contributed by atoms with van der Waals surface area (Å²) in [4.78, 5) is 13.9. The van der Waals surface area contributed by atoms with Crippen LogP contribution in [0.2, 0.25) is 0 Å². The van der Waals surface area contributed by atoms with Crippen LogP contribution in [0.25, 0.3) is 0 Å². The van der Waals surface area contributed by atoms with Gasteiger partial charge in [-0.05, 0) is 30.9 Å². The topological polar surface area (TPSA) is 20.3 Å². The molecule has 0 saturated carbocycles. The van der Waals surface area contributed by atoms with E-state index in [0.717, 1.165) is 24.1 Å². The van der Waals surface area contributed by atoms with Crippen LogP contribution >= 0.6 is 0 Å². The van der Waals surface area contributed by atoms with E-state index in [4.69, 9.17) is 0 Å². The first-order chi connectivity index (χ1) is 8.83. The highest BCUT2D eigenvalue weighted by Gasteiger charge is 2.53. The van der Waals surface area contributed by atoms with Gasteiger partial charge in [-0.2, -0.15) is 13.2 Å². The summed E-state index contributed by atoms with van der Waals surface area (Å²) < 4.78 is 38.4. The zero-order chi connectivity index (χ0) is 13.8. The minimum absolute atomic E-state index is 0.410. The third-order valence-corrected chi connectivity index (χ3v) is 4.08. The van der Waals surface area contributed by atoms with Crippen molar-refractivity contribution in [2.24, 2.45) is 0 Å². The lowest BCUT2D eigenvalue weighted by atomic mass is 9.80. The number of alkyl halides is 3. The first kappa shape index (κ1) is 12.5. The number of rotatable bonds is 1. The maximum atomic E-state index is 12.8. The summed E-state index contributed by atoms with van der Waals surface area (Å²) in [5.41, 5.74) is 0.786. The molecule has 2 aliphatic rings. The maximum absolute atomic E-state index is 12.8. The molecule has 102 valence electrons. The largest absolute Gasteiger partial charge is 0.390 e. The molecule has 0 radical (unpaired) electrons. The summed E-state index contributed by atoms with van der Waals surface area (Å²) in [5, 5.41) is 0. The van der Waals surface area contributed by atoms with E-state index in [-0.39, 0.29) is 0 Å². The number of carbonyl (C=O) groups is 1. The van der Waals surface area contributed by atoms with Crippen LogP contribution < -0.4 is 4.90 Å². The van der Waals surface area contributed by atoms with E-state index in [1.807, 2.05) is 6.07 Å². The quantitative estimate of drug-likeness (QED) is 0.766. The monoisotopic (exact) mass is 269 g/mol. The van der Waals surface area contributed by atoms with Gasteiger partial charge < -0.3 is 4.90 Å². The molecule has 0 spiro atoms. The third-order valence-electron chi connectivity index (χ3n) is 4.08. The van der Waals surface area contributed by atoms with E-state index in [9.17, 15) is 18.0 Å². The highest BCUT2D eigenvalue weighted by molar-refractivity contribution is 6.09. The predicted molar refractivity (Wildman–Crippen MR) is 65.1 cm³/mol. The number of anilines is 1. The van der Waals surface area contributed by atoms with Gasteiger partial charge in [-0.25, -0.2) is 0 Å². The summed E-state index contributed by atoms with van der Waals surface area (Å²) >= 11 is 0. The standard InChI is InChI=1S/C14H14F3NO/c1-13(8-14(15,16)17)10-6-2-4-9-5-3-7-18(11(9)10)12(13)19/h2,4,6H,3,5,7-8H2,1H3. The van der Waals surface area contributed by atoms with Crippen molar-refractivity contribution < 1.29 is 18.0 Å². The zero-order valence-corrected chi connectivity index (χ0v) is 10.5. The Morgan fingerprint density at radius 2 is 2.11 bits per heavy atom.